The van der Waals surface area contributed by atoms with Crippen LogP contribution in [0.4, 0.5) is 0 Å². The van der Waals surface area contributed by atoms with Gasteiger partial charge in [0.2, 0.25) is 0 Å². The van der Waals surface area contributed by atoms with E-state index < -0.39 is 0 Å². The van der Waals surface area contributed by atoms with E-state index in [1.165, 1.54) is 24.0 Å². The van der Waals surface area contributed by atoms with Gasteiger partial charge in [-0.1, -0.05) is 33.3 Å². The molecule has 0 amide bonds. The zero-order valence-corrected chi connectivity index (χ0v) is 9.74. The van der Waals surface area contributed by atoms with Gasteiger partial charge in [-0.3, -0.25) is 4.79 Å². The average Bonchev–Trinajstić information content (AvgIpc) is 2.22. The molecule has 0 aromatic heterocycles. The van der Waals surface area contributed by atoms with Crippen molar-refractivity contribution < 1.29 is 4.79 Å². The second-order valence-corrected chi connectivity index (χ2v) is 6.07. The summed E-state index contributed by atoms with van der Waals surface area (Å²) < 4.78 is 0. The molecule has 0 aliphatic heterocycles. The SMILES string of the molecule is CC1(C)CC(=O)C2=C1CCCC2(C)C. The fraction of sp³-hybridized carbons (Fsp3) is 0.769. The lowest BCUT2D eigenvalue weighted by atomic mass is 9.70. The molecule has 2 rings (SSSR count). The standard InChI is InChI=1S/C13H20O/c1-12(2)7-5-6-9-11(12)10(14)8-13(9,3)4/h5-8H2,1-4H3. The molecule has 0 heterocycles. The van der Waals surface area contributed by atoms with Crippen molar-refractivity contribution in [3.05, 3.63) is 11.1 Å². The molecule has 0 aromatic rings. The van der Waals surface area contributed by atoms with E-state index in [1.54, 1.807) is 0 Å². The summed E-state index contributed by atoms with van der Waals surface area (Å²) in [5.74, 6) is 0.412. The number of carbonyl (C=O) groups excluding carboxylic acids is 1. The summed E-state index contributed by atoms with van der Waals surface area (Å²) in [4.78, 5) is 12.0. The van der Waals surface area contributed by atoms with Gasteiger partial charge in [0.15, 0.2) is 5.78 Å². The zero-order valence-electron chi connectivity index (χ0n) is 9.74. The Balaban J connectivity index is 2.53. The molecule has 0 atom stereocenters. The summed E-state index contributed by atoms with van der Waals surface area (Å²) in [6, 6.07) is 0. The largest absolute Gasteiger partial charge is 0.294 e. The Morgan fingerprint density at radius 3 is 2.29 bits per heavy atom. The topological polar surface area (TPSA) is 17.1 Å². The number of rotatable bonds is 0. The first-order valence-electron chi connectivity index (χ1n) is 5.62. The first kappa shape index (κ1) is 9.95. The van der Waals surface area contributed by atoms with Crippen molar-refractivity contribution in [2.75, 3.05) is 0 Å². The molecule has 0 saturated carbocycles. The van der Waals surface area contributed by atoms with E-state index >= 15 is 0 Å². The van der Waals surface area contributed by atoms with Crippen LogP contribution in [0.25, 0.3) is 0 Å². The van der Waals surface area contributed by atoms with Crippen molar-refractivity contribution in [2.45, 2.75) is 53.4 Å². The van der Waals surface area contributed by atoms with Crippen LogP contribution in [-0.2, 0) is 4.79 Å². The summed E-state index contributed by atoms with van der Waals surface area (Å²) in [5.41, 5.74) is 2.91. The second-order valence-electron chi connectivity index (χ2n) is 6.07. The van der Waals surface area contributed by atoms with Crippen LogP contribution in [0, 0.1) is 10.8 Å². The molecule has 0 bridgehead atoms. The summed E-state index contributed by atoms with van der Waals surface area (Å²) in [6.45, 7) is 8.88. The molecular weight excluding hydrogens is 172 g/mol. The van der Waals surface area contributed by atoms with Crippen molar-refractivity contribution in [3.8, 4) is 0 Å². The molecule has 2 aliphatic carbocycles. The molecule has 14 heavy (non-hydrogen) atoms. The predicted octanol–water partition coefficient (Wildman–Crippen LogP) is 3.49. The van der Waals surface area contributed by atoms with Gasteiger partial charge in [0.05, 0.1) is 0 Å². The van der Waals surface area contributed by atoms with Gasteiger partial charge in [-0.2, -0.15) is 0 Å². The maximum Gasteiger partial charge on any atom is 0.160 e. The zero-order chi connectivity index (χ0) is 10.6. The van der Waals surface area contributed by atoms with Gasteiger partial charge < -0.3 is 0 Å². The maximum absolute atomic E-state index is 12.0. The fourth-order valence-corrected chi connectivity index (χ4v) is 3.18. The molecule has 78 valence electrons. The number of hydrogen-bond donors (Lipinski definition) is 0. The lowest BCUT2D eigenvalue weighted by molar-refractivity contribution is -0.116. The van der Waals surface area contributed by atoms with Crippen LogP contribution in [0.1, 0.15) is 53.4 Å². The van der Waals surface area contributed by atoms with Crippen molar-refractivity contribution in [2.24, 2.45) is 10.8 Å². The highest BCUT2D eigenvalue weighted by Gasteiger charge is 2.45. The van der Waals surface area contributed by atoms with E-state index in [1.807, 2.05) is 0 Å². The summed E-state index contributed by atoms with van der Waals surface area (Å²) >= 11 is 0. The highest BCUT2D eigenvalue weighted by atomic mass is 16.1. The molecule has 0 saturated heterocycles. The highest BCUT2D eigenvalue weighted by molar-refractivity contribution is 6.01. The van der Waals surface area contributed by atoms with E-state index in [4.69, 9.17) is 0 Å². The first-order chi connectivity index (χ1) is 6.34. The van der Waals surface area contributed by atoms with Crippen molar-refractivity contribution in [1.82, 2.24) is 0 Å². The Morgan fingerprint density at radius 1 is 1.07 bits per heavy atom. The van der Waals surface area contributed by atoms with Crippen LogP contribution >= 0.6 is 0 Å². The third kappa shape index (κ3) is 1.25. The third-order valence-corrected chi connectivity index (χ3v) is 3.91. The minimum Gasteiger partial charge on any atom is -0.294 e. The van der Waals surface area contributed by atoms with Crippen LogP contribution in [0.15, 0.2) is 11.1 Å². The number of hydrogen-bond acceptors (Lipinski definition) is 1. The molecule has 2 aliphatic rings. The smallest absolute Gasteiger partial charge is 0.160 e. The number of allylic oxidation sites excluding steroid dienone is 2. The van der Waals surface area contributed by atoms with Gasteiger partial charge in [-0.25, -0.2) is 0 Å². The lowest BCUT2D eigenvalue weighted by Crippen LogP contribution is -2.23. The average molecular weight is 192 g/mol. The Morgan fingerprint density at radius 2 is 1.71 bits per heavy atom. The summed E-state index contributed by atoms with van der Waals surface area (Å²) in [5, 5.41) is 0. The van der Waals surface area contributed by atoms with Gasteiger partial charge in [-0.15, -0.1) is 0 Å². The van der Waals surface area contributed by atoms with Crippen molar-refractivity contribution >= 4 is 5.78 Å². The van der Waals surface area contributed by atoms with E-state index in [2.05, 4.69) is 27.7 Å². The van der Waals surface area contributed by atoms with E-state index in [0.717, 1.165) is 12.8 Å². The normalized spacial score (nSPS) is 29.3. The molecule has 0 fully saturated rings. The lowest BCUT2D eigenvalue weighted by Gasteiger charge is -2.34. The van der Waals surface area contributed by atoms with Gasteiger partial charge >= 0.3 is 0 Å². The molecule has 0 unspecified atom stereocenters. The van der Waals surface area contributed by atoms with Crippen LogP contribution < -0.4 is 0 Å². The van der Waals surface area contributed by atoms with Crippen LogP contribution in [-0.4, -0.2) is 5.78 Å². The molecule has 0 aromatic carbocycles. The highest BCUT2D eigenvalue weighted by Crippen LogP contribution is 2.52. The molecule has 0 N–H and O–H groups in total. The number of carbonyl (C=O) groups is 1. The van der Waals surface area contributed by atoms with E-state index in [9.17, 15) is 4.79 Å². The minimum atomic E-state index is 0.137. The van der Waals surface area contributed by atoms with E-state index in [-0.39, 0.29) is 10.8 Å². The Labute approximate surface area is 86.6 Å². The van der Waals surface area contributed by atoms with Crippen molar-refractivity contribution in [1.29, 1.82) is 0 Å². The Bertz CT molecular complexity index is 318. The molecule has 1 heteroatoms. The van der Waals surface area contributed by atoms with Crippen LogP contribution in [0.2, 0.25) is 0 Å². The van der Waals surface area contributed by atoms with Crippen LogP contribution in [0.5, 0.6) is 0 Å². The van der Waals surface area contributed by atoms with Crippen molar-refractivity contribution in [3.63, 3.8) is 0 Å². The molecule has 0 spiro atoms. The van der Waals surface area contributed by atoms with E-state index in [0.29, 0.717) is 5.78 Å². The summed E-state index contributed by atoms with van der Waals surface area (Å²) in [7, 11) is 0. The van der Waals surface area contributed by atoms with Gasteiger partial charge in [0, 0.05) is 12.0 Å². The first-order valence-corrected chi connectivity index (χ1v) is 5.62. The molecule has 1 nitrogen and oxygen atoms in total. The quantitative estimate of drug-likeness (QED) is 0.574. The van der Waals surface area contributed by atoms with Crippen LogP contribution in [0.3, 0.4) is 0 Å². The predicted molar refractivity (Wildman–Crippen MR) is 58.1 cm³/mol. The number of ketones is 1. The monoisotopic (exact) mass is 192 g/mol. The number of Topliss-reactive ketones (excluding diaryl/α,β-unsaturated/α-hetero) is 1. The van der Waals surface area contributed by atoms with Gasteiger partial charge in [-0.05, 0) is 30.1 Å². The van der Waals surface area contributed by atoms with Gasteiger partial charge in [0.25, 0.3) is 0 Å². The Kier molecular flexibility index (Phi) is 1.93. The fourth-order valence-electron chi connectivity index (χ4n) is 3.18. The third-order valence-electron chi connectivity index (χ3n) is 3.91. The second kappa shape index (κ2) is 2.71. The minimum absolute atomic E-state index is 0.137. The molecule has 0 radical (unpaired) electrons. The summed E-state index contributed by atoms with van der Waals surface area (Å²) in [6.07, 6.45) is 4.31. The van der Waals surface area contributed by atoms with Gasteiger partial charge in [0.1, 0.15) is 0 Å². The molecular formula is C13H20O. The maximum atomic E-state index is 12.0. The Hall–Kier alpha value is -0.590.